The van der Waals surface area contributed by atoms with Crippen molar-refractivity contribution in [2.75, 3.05) is 31.7 Å². The maximum atomic E-state index is 12.3. The molecule has 0 radical (unpaired) electrons. The van der Waals surface area contributed by atoms with Crippen molar-refractivity contribution in [2.24, 2.45) is 0 Å². The molecule has 0 bridgehead atoms. The molecule has 1 unspecified atom stereocenters. The molecule has 1 amide bonds. The summed E-state index contributed by atoms with van der Waals surface area (Å²) in [6, 6.07) is -0.442. The van der Waals surface area contributed by atoms with Crippen LogP contribution in [-0.4, -0.2) is 54.2 Å². The first-order valence-corrected chi connectivity index (χ1v) is 6.58. The first-order chi connectivity index (χ1) is 9.02. The van der Waals surface area contributed by atoms with Crippen molar-refractivity contribution >= 4 is 28.4 Å². The van der Waals surface area contributed by atoms with E-state index in [2.05, 4.69) is 9.69 Å². The van der Waals surface area contributed by atoms with Crippen LogP contribution in [0.1, 0.15) is 16.1 Å². The molecule has 2 rings (SSSR count). The number of amides is 1. The molecule has 7 nitrogen and oxygen atoms in total. The van der Waals surface area contributed by atoms with Crippen LogP contribution in [-0.2, 0) is 9.53 Å². The van der Waals surface area contributed by atoms with Crippen LogP contribution in [0, 0.1) is 6.92 Å². The number of aryl methyl sites for hydroxylation is 1. The second kappa shape index (κ2) is 5.64. The maximum Gasteiger partial charge on any atom is 0.340 e. The van der Waals surface area contributed by atoms with E-state index in [4.69, 9.17) is 9.84 Å². The number of carbonyl (C=O) groups is 2. The third-order valence-corrected chi connectivity index (χ3v) is 3.93. The summed E-state index contributed by atoms with van der Waals surface area (Å²) in [4.78, 5) is 24.8. The van der Waals surface area contributed by atoms with Gasteiger partial charge >= 0.3 is 5.97 Å². The molecule has 1 aliphatic rings. The largest absolute Gasteiger partial charge is 0.478 e. The molecule has 1 aliphatic heterocycles. The van der Waals surface area contributed by atoms with Crippen LogP contribution in [0.2, 0.25) is 0 Å². The van der Waals surface area contributed by atoms with E-state index in [-0.39, 0.29) is 11.5 Å². The van der Waals surface area contributed by atoms with Gasteiger partial charge in [-0.2, -0.15) is 4.37 Å². The Labute approximate surface area is 114 Å². The van der Waals surface area contributed by atoms with Crippen LogP contribution in [0.15, 0.2) is 0 Å². The van der Waals surface area contributed by atoms with Crippen molar-refractivity contribution in [3.05, 3.63) is 11.3 Å². The van der Waals surface area contributed by atoms with Crippen LogP contribution >= 0.6 is 11.5 Å². The number of aromatic nitrogens is 1. The lowest BCUT2D eigenvalue weighted by Crippen LogP contribution is -2.51. The summed E-state index contributed by atoms with van der Waals surface area (Å²) in [5.74, 6) is -1.29. The Morgan fingerprint density at radius 2 is 2.32 bits per heavy atom. The fourth-order valence-electron chi connectivity index (χ4n) is 1.89. The molecule has 1 atom stereocenters. The highest BCUT2D eigenvalue weighted by Gasteiger charge is 2.29. The van der Waals surface area contributed by atoms with Crippen molar-refractivity contribution in [1.29, 1.82) is 0 Å². The van der Waals surface area contributed by atoms with Gasteiger partial charge in [0.2, 0.25) is 5.91 Å². The molecule has 1 aromatic heterocycles. The molecule has 19 heavy (non-hydrogen) atoms. The third-order valence-electron chi connectivity index (χ3n) is 2.91. The highest BCUT2D eigenvalue weighted by Crippen LogP contribution is 2.28. The molecular formula is C11H15N3O4S. The molecular weight excluding hydrogens is 270 g/mol. The number of hydrogen-bond donors (Lipinski definition) is 2. The lowest BCUT2D eigenvalue weighted by molar-refractivity contribution is -0.123. The van der Waals surface area contributed by atoms with Crippen LogP contribution in [0.5, 0.6) is 0 Å². The van der Waals surface area contributed by atoms with Gasteiger partial charge in [-0.05, 0) is 18.5 Å². The Hall–Kier alpha value is -1.51. The summed E-state index contributed by atoms with van der Waals surface area (Å²) >= 11 is 1.01. The lowest BCUT2D eigenvalue weighted by atomic mass is 10.2. The Balaban J connectivity index is 2.21. The number of rotatable bonds is 3. The standard InChI is InChI=1S/C11H15N3O4S/c1-6-8(11(16)17)10(19-13-6)14(2)9(15)7-5-18-4-3-12-7/h7,12H,3-5H2,1-2H3,(H,16,17). The summed E-state index contributed by atoms with van der Waals surface area (Å²) in [6.45, 7) is 3.10. The molecule has 0 aromatic carbocycles. The molecule has 1 fully saturated rings. The number of carbonyl (C=O) groups excluding carboxylic acids is 1. The quantitative estimate of drug-likeness (QED) is 0.818. The van der Waals surface area contributed by atoms with Gasteiger partial charge in [-0.3, -0.25) is 4.79 Å². The number of aromatic carboxylic acids is 1. The highest BCUT2D eigenvalue weighted by molar-refractivity contribution is 7.11. The van der Waals surface area contributed by atoms with E-state index in [1.807, 2.05) is 0 Å². The van der Waals surface area contributed by atoms with E-state index in [1.54, 1.807) is 14.0 Å². The van der Waals surface area contributed by atoms with Gasteiger partial charge in [-0.1, -0.05) is 0 Å². The first-order valence-electron chi connectivity index (χ1n) is 5.80. The first kappa shape index (κ1) is 13.9. The number of likely N-dealkylation sites (N-methyl/N-ethyl adjacent to an activating group) is 1. The summed E-state index contributed by atoms with van der Waals surface area (Å²) in [5, 5.41) is 12.6. The molecule has 8 heteroatoms. The van der Waals surface area contributed by atoms with E-state index < -0.39 is 12.0 Å². The van der Waals surface area contributed by atoms with E-state index in [0.29, 0.717) is 30.5 Å². The number of nitrogens with one attached hydrogen (secondary N) is 1. The van der Waals surface area contributed by atoms with Crippen LogP contribution in [0.4, 0.5) is 5.00 Å². The number of ether oxygens (including phenoxy) is 1. The molecule has 0 aliphatic carbocycles. The van der Waals surface area contributed by atoms with Crippen LogP contribution in [0.25, 0.3) is 0 Å². The second-order valence-electron chi connectivity index (χ2n) is 4.23. The summed E-state index contributed by atoms with van der Waals surface area (Å²) in [6.07, 6.45) is 0. The van der Waals surface area contributed by atoms with Crippen LogP contribution in [0.3, 0.4) is 0 Å². The Bertz CT molecular complexity index is 496. The molecule has 0 spiro atoms. The lowest BCUT2D eigenvalue weighted by Gasteiger charge is -2.26. The van der Waals surface area contributed by atoms with Crippen molar-refractivity contribution in [3.8, 4) is 0 Å². The molecule has 2 heterocycles. The van der Waals surface area contributed by atoms with Crippen molar-refractivity contribution in [1.82, 2.24) is 9.69 Å². The smallest absolute Gasteiger partial charge is 0.340 e. The maximum absolute atomic E-state index is 12.3. The van der Waals surface area contributed by atoms with Crippen molar-refractivity contribution in [3.63, 3.8) is 0 Å². The molecule has 1 saturated heterocycles. The number of carboxylic acids is 1. The van der Waals surface area contributed by atoms with E-state index in [9.17, 15) is 9.59 Å². The summed E-state index contributed by atoms with van der Waals surface area (Å²) in [7, 11) is 1.55. The zero-order valence-electron chi connectivity index (χ0n) is 10.7. The summed E-state index contributed by atoms with van der Waals surface area (Å²) in [5.41, 5.74) is 0.498. The zero-order chi connectivity index (χ0) is 14.0. The Morgan fingerprint density at radius 1 is 1.58 bits per heavy atom. The van der Waals surface area contributed by atoms with Gasteiger partial charge in [-0.15, -0.1) is 0 Å². The monoisotopic (exact) mass is 285 g/mol. The van der Waals surface area contributed by atoms with Gasteiger partial charge in [0, 0.05) is 13.6 Å². The molecule has 0 saturated carbocycles. The minimum Gasteiger partial charge on any atom is -0.478 e. The van der Waals surface area contributed by atoms with Gasteiger partial charge in [0.1, 0.15) is 16.6 Å². The zero-order valence-corrected chi connectivity index (χ0v) is 11.5. The van der Waals surface area contributed by atoms with E-state index >= 15 is 0 Å². The number of anilines is 1. The number of carboxylic acid groups (broad SMARTS) is 1. The minimum atomic E-state index is -1.08. The SMILES string of the molecule is Cc1nsc(N(C)C(=O)C2COCCN2)c1C(=O)O. The van der Waals surface area contributed by atoms with E-state index in [0.717, 1.165) is 11.5 Å². The van der Waals surface area contributed by atoms with Gasteiger partial charge in [-0.25, -0.2) is 4.79 Å². The van der Waals surface area contributed by atoms with E-state index in [1.165, 1.54) is 4.90 Å². The topological polar surface area (TPSA) is 91.8 Å². The minimum absolute atomic E-state index is 0.0811. The third kappa shape index (κ3) is 2.75. The van der Waals surface area contributed by atoms with Gasteiger partial charge in [0.25, 0.3) is 0 Å². The average Bonchev–Trinajstić information content (AvgIpc) is 2.80. The fraction of sp³-hybridized carbons (Fsp3) is 0.545. The Kier molecular flexibility index (Phi) is 4.13. The van der Waals surface area contributed by atoms with Crippen LogP contribution < -0.4 is 10.2 Å². The molecule has 104 valence electrons. The van der Waals surface area contributed by atoms with Crippen molar-refractivity contribution in [2.45, 2.75) is 13.0 Å². The fourth-order valence-corrected chi connectivity index (χ4v) is 2.74. The molecule has 2 N–H and O–H groups in total. The van der Waals surface area contributed by atoms with Gasteiger partial charge in [0.15, 0.2) is 0 Å². The predicted molar refractivity (Wildman–Crippen MR) is 69.8 cm³/mol. The second-order valence-corrected chi connectivity index (χ2v) is 4.98. The number of hydrogen-bond acceptors (Lipinski definition) is 6. The van der Waals surface area contributed by atoms with Crippen molar-refractivity contribution < 1.29 is 19.4 Å². The molecule has 1 aromatic rings. The highest BCUT2D eigenvalue weighted by atomic mass is 32.1. The van der Waals surface area contributed by atoms with Gasteiger partial charge < -0.3 is 20.1 Å². The predicted octanol–water partition coefficient (Wildman–Crippen LogP) is 0.101. The number of morpholine rings is 1. The average molecular weight is 285 g/mol. The van der Waals surface area contributed by atoms with Gasteiger partial charge in [0.05, 0.1) is 18.9 Å². The Morgan fingerprint density at radius 3 is 2.89 bits per heavy atom. The summed E-state index contributed by atoms with van der Waals surface area (Å²) < 4.78 is 9.24. The normalized spacial score (nSPS) is 19.2. The number of nitrogens with zero attached hydrogens (tertiary/aromatic N) is 2.